The van der Waals surface area contributed by atoms with Crippen LogP contribution in [0.5, 0.6) is 11.8 Å². The predicted molar refractivity (Wildman–Crippen MR) is 98.9 cm³/mol. The lowest BCUT2D eigenvalue weighted by Gasteiger charge is -2.09. The van der Waals surface area contributed by atoms with E-state index in [1.54, 1.807) is 13.4 Å². The minimum atomic E-state index is 0.127. The average Bonchev–Trinajstić information content (AvgIpc) is 3.36. The van der Waals surface area contributed by atoms with E-state index in [2.05, 4.69) is 15.2 Å². The molecule has 2 aromatic heterocycles. The molecule has 0 atom stereocenters. The summed E-state index contributed by atoms with van der Waals surface area (Å²) in [6, 6.07) is 15.5. The molecular formula is C20H18N4O3. The second-order valence-electron chi connectivity index (χ2n) is 5.96. The highest BCUT2D eigenvalue weighted by molar-refractivity contribution is 5.61. The summed E-state index contributed by atoms with van der Waals surface area (Å²) in [5.41, 5.74) is 3.58. The van der Waals surface area contributed by atoms with Crippen LogP contribution in [0.15, 0.2) is 65.5 Å². The van der Waals surface area contributed by atoms with E-state index < -0.39 is 0 Å². The Labute approximate surface area is 156 Å². The lowest BCUT2D eigenvalue weighted by Crippen LogP contribution is -1.96. The van der Waals surface area contributed by atoms with E-state index in [1.807, 2.05) is 66.2 Å². The second kappa shape index (κ2) is 7.33. The largest absolute Gasteiger partial charge is 0.495 e. The maximum Gasteiger partial charge on any atom is 0.415 e. The molecule has 0 N–H and O–H groups in total. The molecule has 0 spiro atoms. The summed E-state index contributed by atoms with van der Waals surface area (Å²) in [6.45, 7) is 2.30. The van der Waals surface area contributed by atoms with Gasteiger partial charge in [0.05, 0.1) is 24.8 Å². The lowest BCUT2D eigenvalue weighted by atomic mass is 10.2. The summed E-state index contributed by atoms with van der Waals surface area (Å²) in [5.74, 6) is 1.04. The molecule has 7 heteroatoms. The molecule has 0 aliphatic heterocycles. The van der Waals surface area contributed by atoms with Gasteiger partial charge in [-0.1, -0.05) is 35.4 Å². The summed E-state index contributed by atoms with van der Waals surface area (Å²) in [6.07, 6.45) is 3.80. The molecule has 0 radical (unpaired) electrons. The fourth-order valence-electron chi connectivity index (χ4n) is 2.68. The van der Waals surface area contributed by atoms with Crippen molar-refractivity contribution in [1.82, 2.24) is 19.7 Å². The van der Waals surface area contributed by atoms with Gasteiger partial charge in [0.15, 0.2) is 0 Å². The Balaban J connectivity index is 1.54. The molecule has 4 aromatic rings. The molecule has 0 saturated heterocycles. The Hall–Kier alpha value is -3.61. The number of nitrogens with zero attached hydrogens (tertiary/aromatic N) is 4. The zero-order valence-corrected chi connectivity index (χ0v) is 15.0. The molecule has 0 bridgehead atoms. The van der Waals surface area contributed by atoms with Crippen molar-refractivity contribution in [1.29, 1.82) is 0 Å². The number of methoxy groups -OCH3 is 1. The van der Waals surface area contributed by atoms with Gasteiger partial charge in [0.2, 0.25) is 0 Å². The summed E-state index contributed by atoms with van der Waals surface area (Å²) in [7, 11) is 1.62. The predicted octanol–water partition coefficient (Wildman–Crippen LogP) is 3.82. The first-order chi connectivity index (χ1) is 13.2. The van der Waals surface area contributed by atoms with Crippen LogP contribution in [0, 0.1) is 6.92 Å². The molecule has 4 rings (SSSR count). The van der Waals surface area contributed by atoms with E-state index in [0.29, 0.717) is 18.2 Å². The Morgan fingerprint density at radius 2 is 1.93 bits per heavy atom. The highest BCUT2D eigenvalue weighted by Gasteiger charge is 2.14. The van der Waals surface area contributed by atoms with Gasteiger partial charge in [-0.05, 0) is 30.7 Å². The van der Waals surface area contributed by atoms with Gasteiger partial charge >= 0.3 is 6.08 Å². The monoisotopic (exact) mass is 362 g/mol. The smallest absolute Gasteiger partial charge is 0.415 e. The van der Waals surface area contributed by atoms with Crippen molar-refractivity contribution in [2.45, 2.75) is 13.5 Å². The van der Waals surface area contributed by atoms with Gasteiger partial charge < -0.3 is 18.5 Å². The molecular weight excluding hydrogens is 344 g/mol. The third kappa shape index (κ3) is 3.67. The fourth-order valence-corrected chi connectivity index (χ4v) is 2.68. The summed E-state index contributed by atoms with van der Waals surface area (Å²) in [5, 5.41) is 8.02. The lowest BCUT2D eigenvalue weighted by molar-refractivity contribution is 0.222. The van der Waals surface area contributed by atoms with E-state index in [0.717, 1.165) is 22.5 Å². The molecule has 0 amide bonds. The molecule has 2 heterocycles. The molecule has 27 heavy (non-hydrogen) atoms. The maximum absolute atomic E-state index is 5.62. The Morgan fingerprint density at radius 1 is 1.07 bits per heavy atom. The van der Waals surface area contributed by atoms with Crippen LogP contribution in [0.2, 0.25) is 0 Å². The molecule has 0 aliphatic rings. The number of aromatic nitrogens is 4. The Kier molecular flexibility index (Phi) is 4.57. The van der Waals surface area contributed by atoms with Gasteiger partial charge in [-0.2, -0.15) is 0 Å². The van der Waals surface area contributed by atoms with E-state index in [4.69, 9.17) is 13.9 Å². The first-order valence-electron chi connectivity index (χ1n) is 8.42. The minimum absolute atomic E-state index is 0.127. The van der Waals surface area contributed by atoms with Crippen molar-refractivity contribution in [2.24, 2.45) is 0 Å². The number of hydrogen-bond acceptors (Lipinski definition) is 6. The van der Waals surface area contributed by atoms with Gasteiger partial charge in [-0.3, -0.25) is 0 Å². The Morgan fingerprint density at radius 3 is 2.67 bits per heavy atom. The van der Waals surface area contributed by atoms with E-state index in [9.17, 15) is 0 Å². The van der Waals surface area contributed by atoms with Crippen LogP contribution >= 0.6 is 0 Å². The van der Waals surface area contributed by atoms with Crippen LogP contribution in [0.25, 0.3) is 17.1 Å². The topological polar surface area (TPSA) is 75.2 Å². The Bertz CT molecular complexity index is 1040. The zero-order chi connectivity index (χ0) is 18.6. The van der Waals surface area contributed by atoms with E-state index in [1.165, 1.54) is 0 Å². The summed E-state index contributed by atoms with van der Waals surface area (Å²) >= 11 is 0. The molecule has 0 saturated carbocycles. The van der Waals surface area contributed by atoms with Crippen LogP contribution in [0.1, 0.15) is 11.3 Å². The molecule has 0 fully saturated rings. The van der Waals surface area contributed by atoms with Gasteiger partial charge in [-0.25, -0.2) is 4.98 Å². The first-order valence-corrected chi connectivity index (χ1v) is 8.42. The quantitative estimate of drug-likeness (QED) is 0.519. The molecule has 136 valence electrons. The van der Waals surface area contributed by atoms with Gasteiger partial charge in [0.1, 0.15) is 12.4 Å². The van der Waals surface area contributed by atoms with E-state index >= 15 is 0 Å². The highest BCUT2D eigenvalue weighted by atomic mass is 16.6. The van der Waals surface area contributed by atoms with Crippen molar-refractivity contribution >= 4 is 0 Å². The summed E-state index contributed by atoms with van der Waals surface area (Å²) < 4.78 is 18.6. The summed E-state index contributed by atoms with van der Waals surface area (Å²) in [4.78, 5) is 4.25. The van der Waals surface area contributed by atoms with Crippen LogP contribution < -0.4 is 9.47 Å². The first kappa shape index (κ1) is 16.8. The molecule has 7 nitrogen and oxygen atoms in total. The van der Waals surface area contributed by atoms with Crippen molar-refractivity contribution < 1.29 is 13.9 Å². The number of ether oxygens (including phenoxy) is 2. The fraction of sp³-hybridized carbons (Fsp3) is 0.150. The average molecular weight is 362 g/mol. The normalized spacial score (nSPS) is 10.7. The van der Waals surface area contributed by atoms with Crippen molar-refractivity contribution in [3.8, 4) is 29.0 Å². The van der Waals surface area contributed by atoms with Gasteiger partial charge in [0, 0.05) is 11.8 Å². The third-order valence-corrected chi connectivity index (χ3v) is 4.03. The standard InChI is InChI=1S/C20H18N4O3/c1-14-11-24(13-21-14)17-9-8-16(10-18(17)25-2)19-22-23-20(27-19)26-12-15-6-4-3-5-7-15/h3-11,13H,12H2,1-2H3. The van der Waals surface area contributed by atoms with Gasteiger partial charge in [-0.15, -0.1) is 5.10 Å². The van der Waals surface area contributed by atoms with Crippen molar-refractivity contribution in [3.63, 3.8) is 0 Å². The second-order valence-corrected chi connectivity index (χ2v) is 5.96. The minimum Gasteiger partial charge on any atom is -0.495 e. The van der Waals surface area contributed by atoms with Crippen LogP contribution in [0.4, 0.5) is 0 Å². The van der Waals surface area contributed by atoms with E-state index in [-0.39, 0.29) is 6.08 Å². The molecule has 0 unspecified atom stereocenters. The maximum atomic E-state index is 5.62. The van der Waals surface area contributed by atoms with Crippen LogP contribution in [0.3, 0.4) is 0 Å². The van der Waals surface area contributed by atoms with Crippen molar-refractivity contribution in [3.05, 3.63) is 72.3 Å². The number of hydrogen-bond donors (Lipinski definition) is 0. The number of aryl methyl sites for hydroxylation is 1. The number of benzene rings is 2. The van der Waals surface area contributed by atoms with Crippen molar-refractivity contribution in [2.75, 3.05) is 7.11 Å². The third-order valence-electron chi connectivity index (χ3n) is 4.03. The number of rotatable bonds is 6. The van der Waals surface area contributed by atoms with Crippen LogP contribution in [-0.4, -0.2) is 26.9 Å². The number of imidazole rings is 1. The SMILES string of the molecule is COc1cc(-c2nnc(OCc3ccccc3)o2)ccc1-n1cnc(C)c1. The van der Waals surface area contributed by atoms with Gasteiger partial charge in [0.25, 0.3) is 5.89 Å². The molecule has 2 aromatic carbocycles. The highest BCUT2D eigenvalue weighted by Crippen LogP contribution is 2.30. The van der Waals surface area contributed by atoms with Crippen LogP contribution in [-0.2, 0) is 6.61 Å². The molecule has 0 aliphatic carbocycles. The zero-order valence-electron chi connectivity index (χ0n) is 15.0.